The maximum Gasteiger partial charge on any atom is 0.140 e. The van der Waals surface area contributed by atoms with Crippen molar-refractivity contribution in [2.75, 3.05) is 37.4 Å². The Balaban J connectivity index is 1.27. The lowest BCUT2D eigenvalue weighted by molar-refractivity contribution is 0.205. The highest BCUT2D eigenvalue weighted by Gasteiger charge is 2.28. The third kappa shape index (κ3) is 4.10. The zero-order valence-electron chi connectivity index (χ0n) is 15.0. The minimum absolute atomic E-state index is 0.459. The number of rotatable bonds is 6. The van der Waals surface area contributed by atoms with Crippen LogP contribution in [0, 0.1) is 0 Å². The lowest BCUT2D eigenvalue weighted by atomic mass is 10.0. The standard InChI is InChI=1S/C18H26N6O/c1-23(2)18-10-17(19-12-20-18)21-14-5-7-24(8-6-14)11-15-9-16(25-22-15)13-3-4-13/h9-10,12-14H,3-8,11H2,1-2H3,(H,19,20,21). The van der Waals surface area contributed by atoms with E-state index in [1.165, 1.54) is 12.8 Å². The maximum absolute atomic E-state index is 5.45. The molecule has 1 N–H and O–H groups in total. The van der Waals surface area contributed by atoms with Gasteiger partial charge in [-0.05, 0) is 25.7 Å². The maximum atomic E-state index is 5.45. The highest BCUT2D eigenvalue weighted by Crippen LogP contribution is 2.40. The average molecular weight is 342 g/mol. The van der Waals surface area contributed by atoms with Crippen molar-refractivity contribution in [1.82, 2.24) is 20.0 Å². The highest BCUT2D eigenvalue weighted by molar-refractivity contribution is 5.47. The Kier molecular flexibility index (Phi) is 4.57. The van der Waals surface area contributed by atoms with Crippen LogP contribution in [0.5, 0.6) is 0 Å². The third-order valence-corrected chi connectivity index (χ3v) is 4.99. The molecule has 0 bridgehead atoms. The van der Waals surface area contributed by atoms with E-state index < -0.39 is 0 Å². The fraction of sp³-hybridized carbons (Fsp3) is 0.611. The summed E-state index contributed by atoms with van der Waals surface area (Å²) in [6.45, 7) is 3.02. The zero-order valence-corrected chi connectivity index (χ0v) is 15.0. The Morgan fingerprint density at radius 3 is 2.68 bits per heavy atom. The number of nitrogens with one attached hydrogen (secondary N) is 1. The number of nitrogens with zero attached hydrogens (tertiary/aromatic N) is 5. The number of piperidine rings is 1. The molecule has 2 aromatic rings. The van der Waals surface area contributed by atoms with Crippen molar-refractivity contribution >= 4 is 11.6 Å². The second-order valence-electron chi connectivity index (χ2n) is 7.35. The van der Waals surface area contributed by atoms with Crippen LogP contribution in [-0.4, -0.2) is 53.3 Å². The van der Waals surface area contributed by atoms with Gasteiger partial charge in [-0.15, -0.1) is 0 Å². The van der Waals surface area contributed by atoms with Gasteiger partial charge >= 0.3 is 0 Å². The van der Waals surface area contributed by atoms with Gasteiger partial charge < -0.3 is 14.7 Å². The predicted octanol–water partition coefficient (Wildman–Crippen LogP) is 2.48. The minimum atomic E-state index is 0.459. The molecule has 0 amide bonds. The highest BCUT2D eigenvalue weighted by atomic mass is 16.5. The van der Waals surface area contributed by atoms with Gasteiger partial charge in [0.1, 0.15) is 23.7 Å². The second kappa shape index (κ2) is 7.00. The van der Waals surface area contributed by atoms with Crippen molar-refractivity contribution < 1.29 is 4.52 Å². The van der Waals surface area contributed by atoms with Crippen LogP contribution >= 0.6 is 0 Å². The molecule has 2 fully saturated rings. The molecule has 7 heteroatoms. The van der Waals surface area contributed by atoms with Crippen molar-refractivity contribution in [2.45, 2.75) is 44.2 Å². The summed E-state index contributed by atoms with van der Waals surface area (Å²) >= 11 is 0. The Bertz CT molecular complexity index is 703. The quantitative estimate of drug-likeness (QED) is 0.865. The van der Waals surface area contributed by atoms with Crippen LogP contribution < -0.4 is 10.2 Å². The van der Waals surface area contributed by atoms with E-state index in [0.717, 1.165) is 55.6 Å². The summed E-state index contributed by atoms with van der Waals surface area (Å²) < 4.78 is 5.45. The SMILES string of the molecule is CN(C)c1cc(NC2CCN(Cc3cc(C4CC4)on3)CC2)ncn1. The average Bonchev–Trinajstić information content (AvgIpc) is 3.37. The molecule has 0 aromatic carbocycles. The first-order valence-corrected chi connectivity index (χ1v) is 9.11. The van der Waals surface area contributed by atoms with Crippen LogP contribution in [0.3, 0.4) is 0 Å². The van der Waals surface area contributed by atoms with Gasteiger partial charge in [0, 0.05) is 57.8 Å². The lowest BCUT2D eigenvalue weighted by Gasteiger charge is -2.32. The van der Waals surface area contributed by atoms with Crippen molar-refractivity contribution in [1.29, 1.82) is 0 Å². The van der Waals surface area contributed by atoms with Crippen LogP contribution in [0.2, 0.25) is 0 Å². The first-order chi connectivity index (χ1) is 12.2. The molecule has 0 radical (unpaired) electrons. The van der Waals surface area contributed by atoms with Gasteiger partial charge in [0.15, 0.2) is 0 Å². The molecule has 134 valence electrons. The Morgan fingerprint density at radius 1 is 1.16 bits per heavy atom. The molecule has 25 heavy (non-hydrogen) atoms. The predicted molar refractivity (Wildman–Crippen MR) is 96.8 cm³/mol. The van der Waals surface area contributed by atoms with Gasteiger partial charge in [-0.3, -0.25) is 4.90 Å². The first-order valence-electron chi connectivity index (χ1n) is 9.11. The largest absolute Gasteiger partial charge is 0.367 e. The first kappa shape index (κ1) is 16.3. The molecule has 0 unspecified atom stereocenters. The summed E-state index contributed by atoms with van der Waals surface area (Å²) in [5.74, 6) is 3.54. The molecule has 1 aliphatic carbocycles. The van der Waals surface area contributed by atoms with Crippen molar-refractivity contribution in [2.24, 2.45) is 0 Å². The Labute approximate surface area is 148 Å². The number of hydrogen-bond acceptors (Lipinski definition) is 7. The van der Waals surface area contributed by atoms with E-state index in [1.807, 2.05) is 25.1 Å². The fourth-order valence-corrected chi connectivity index (χ4v) is 3.31. The molecular weight excluding hydrogens is 316 g/mol. The van der Waals surface area contributed by atoms with Gasteiger partial charge in [0.2, 0.25) is 0 Å². The van der Waals surface area contributed by atoms with Gasteiger partial charge in [-0.1, -0.05) is 5.16 Å². The Hall–Kier alpha value is -2.15. The molecule has 4 rings (SSSR count). The summed E-state index contributed by atoms with van der Waals surface area (Å²) in [5.41, 5.74) is 1.07. The van der Waals surface area contributed by atoms with Crippen molar-refractivity contribution in [3.8, 4) is 0 Å². The third-order valence-electron chi connectivity index (χ3n) is 4.99. The molecule has 7 nitrogen and oxygen atoms in total. The summed E-state index contributed by atoms with van der Waals surface area (Å²) in [6.07, 6.45) is 6.34. The van der Waals surface area contributed by atoms with E-state index in [-0.39, 0.29) is 0 Å². The molecule has 2 aliphatic rings. The van der Waals surface area contributed by atoms with Crippen LogP contribution in [0.4, 0.5) is 11.6 Å². The van der Waals surface area contributed by atoms with E-state index in [2.05, 4.69) is 31.4 Å². The summed E-state index contributed by atoms with van der Waals surface area (Å²) in [4.78, 5) is 13.0. The normalized spacial score (nSPS) is 19.1. The molecule has 3 heterocycles. The molecule has 1 saturated carbocycles. The van der Waals surface area contributed by atoms with Gasteiger partial charge in [-0.25, -0.2) is 9.97 Å². The summed E-state index contributed by atoms with van der Waals surface area (Å²) in [5, 5.41) is 7.78. The fourth-order valence-electron chi connectivity index (χ4n) is 3.31. The van der Waals surface area contributed by atoms with Crippen molar-refractivity contribution in [3.63, 3.8) is 0 Å². The lowest BCUT2D eigenvalue weighted by Crippen LogP contribution is -2.38. The molecular formula is C18H26N6O. The molecule has 2 aromatic heterocycles. The van der Waals surface area contributed by atoms with E-state index in [4.69, 9.17) is 4.52 Å². The van der Waals surface area contributed by atoms with E-state index in [0.29, 0.717) is 12.0 Å². The van der Waals surface area contributed by atoms with Gasteiger partial charge in [-0.2, -0.15) is 0 Å². The van der Waals surface area contributed by atoms with E-state index >= 15 is 0 Å². The van der Waals surface area contributed by atoms with E-state index in [9.17, 15) is 0 Å². The smallest absolute Gasteiger partial charge is 0.140 e. The summed E-state index contributed by atoms with van der Waals surface area (Å²) in [6, 6.07) is 4.60. The number of aromatic nitrogens is 3. The zero-order chi connectivity index (χ0) is 17.2. The van der Waals surface area contributed by atoms with Crippen LogP contribution in [0.1, 0.15) is 43.1 Å². The van der Waals surface area contributed by atoms with Crippen LogP contribution in [0.25, 0.3) is 0 Å². The van der Waals surface area contributed by atoms with E-state index in [1.54, 1.807) is 6.33 Å². The second-order valence-corrected chi connectivity index (χ2v) is 7.35. The minimum Gasteiger partial charge on any atom is -0.367 e. The Morgan fingerprint density at radius 2 is 1.96 bits per heavy atom. The monoisotopic (exact) mass is 342 g/mol. The topological polar surface area (TPSA) is 70.3 Å². The number of anilines is 2. The summed E-state index contributed by atoms with van der Waals surface area (Å²) in [7, 11) is 3.98. The van der Waals surface area contributed by atoms with Crippen LogP contribution in [-0.2, 0) is 6.54 Å². The van der Waals surface area contributed by atoms with Crippen LogP contribution in [0.15, 0.2) is 23.0 Å². The molecule has 0 spiro atoms. The van der Waals surface area contributed by atoms with Crippen molar-refractivity contribution in [3.05, 3.63) is 29.9 Å². The van der Waals surface area contributed by atoms with Gasteiger partial charge in [0.05, 0.1) is 5.69 Å². The molecule has 0 atom stereocenters. The molecule has 1 saturated heterocycles. The number of hydrogen-bond donors (Lipinski definition) is 1. The number of likely N-dealkylation sites (tertiary alicyclic amines) is 1. The molecule has 1 aliphatic heterocycles. The van der Waals surface area contributed by atoms with Gasteiger partial charge in [0.25, 0.3) is 0 Å².